The zero-order valence-corrected chi connectivity index (χ0v) is 12.0. The van der Waals surface area contributed by atoms with Crippen LogP contribution < -0.4 is 0 Å². The van der Waals surface area contributed by atoms with E-state index in [1.165, 1.54) is 12.8 Å². The average molecular weight is 264 g/mol. The van der Waals surface area contributed by atoms with E-state index in [4.69, 9.17) is 0 Å². The van der Waals surface area contributed by atoms with E-state index in [0.29, 0.717) is 11.6 Å². The fourth-order valence-corrected chi connectivity index (χ4v) is 3.12. The van der Waals surface area contributed by atoms with Crippen molar-refractivity contribution in [3.8, 4) is 11.5 Å². The second-order valence-electron chi connectivity index (χ2n) is 5.68. The van der Waals surface area contributed by atoms with E-state index < -0.39 is 0 Å². The van der Waals surface area contributed by atoms with E-state index in [1.807, 2.05) is 0 Å². The highest BCUT2D eigenvalue weighted by atomic mass is 16.3. The third-order valence-electron chi connectivity index (χ3n) is 3.97. The van der Waals surface area contributed by atoms with Crippen LogP contribution in [0.15, 0.2) is 18.2 Å². The van der Waals surface area contributed by atoms with Crippen molar-refractivity contribution >= 4 is 0 Å². The Balaban J connectivity index is 2.21. The summed E-state index contributed by atoms with van der Waals surface area (Å²) < 4.78 is 0. The minimum Gasteiger partial charge on any atom is -0.507 e. The summed E-state index contributed by atoms with van der Waals surface area (Å²) in [6, 6.07) is 5.48. The first-order chi connectivity index (χ1) is 9.00. The van der Waals surface area contributed by atoms with Crippen LogP contribution in [-0.2, 0) is 0 Å². The molecule has 2 atom stereocenters. The number of hydrogen-bond donors (Lipinski definition) is 2. The smallest absolute Gasteiger partial charge is 0.124 e. The number of hydrogen-bond acceptors (Lipinski definition) is 4. The van der Waals surface area contributed by atoms with Gasteiger partial charge in [-0.3, -0.25) is 4.90 Å². The van der Waals surface area contributed by atoms with Gasteiger partial charge >= 0.3 is 0 Å². The number of likely N-dealkylation sites (N-methyl/N-ethyl adjacent to an activating group) is 1. The van der Waals surface area contributed by atoms with E-state index in [2.05, 4.69) is 30.8 Å². The summed E-state index contributed by atoms with van der Waals surface area (Å²) in [5.41, 5.74) is 0.646. The predicted octanol–water partition coefficient (Wildman–Crippen LogP) is 2.18. The molecule has 106 valence electrons. The van der Waals surface area contributed by atoms with Crippen LogP contribution in [0.25, 0.3) is 0 Å². The number of benzene rings is 1. The highest BCUT2D eigenvalue weighted by molar-refractivity contribution is 5.45. The van der Waals surface area contributed by atoms with Crippen LogP contribution in [0.2, 0.25) is 0 Å². The van der Waals surface area contributed by atoms with Crippen molar-refractivity contribution in [3.05, 3.63) is 23.8 Å². The van der Waals surface area contributed by atoms with Gasteiger partial charge in [-0.05, 0) is 52.5 Å². The molecule has 0 amide bonds. The predicted molar refractivity (Wildman–Crippen MR) is 76.5 cm³/mol. The molecular weight excluding hydrogens is 240 g/mol. The molecule has 0 spiro atoms. The van der Waals surface area contributed by atoms with Crippen molar-refractivity contribution < 1.29 is 10.2 Å². The third-order valence-corrected chi connectivity index (χ3v) is 3.97. The van der Waals surface area contributed by atoms with E-state index in [-0.39, 0.29) is 17.5 Å². The molecule has 2 N–H and O–H groups in total. The molecule has 0 aliphatic carbocycles. The van der Waals surface area contributed by atoms with Gasteiger partial charge in [0.15, 0.2) is 0 Å². The van der Waals surface area contributed by atoms with E-state index in [9.17, 15) is 10.2 Å². The van der Waals surface area contributed by atoms with Crippen molar-refractivity contribution in [2.45, 2.75) is 31.8 Å². The van der Waals surface area contributed by atoms with Crippen LogP contribution in [0, 0.1) is 0 Å². The number of likely N-dealkylation sites (tertiary alicyclic amines) is 1. The maximum atomic E-state index is 9.99. The first-order valence-electron chi connectivity index (χ1n) is 6.92. The molecule has 0 bridgehead atoms. The van der Waals surface area contributed by atoms with Crippen molar-refractivity contribution in [1.29, 1.82) is 0 Å². The molecule has 4 nitrogen and oxygen atoms in total. The second kappa shape index (κ2) is 5.80. The van der Waals surface area contributed by atoms with E-state index >= 15 is 0 Å². The van der Waals surface area contributed by atoms with E-state index in [1.54, 1.807) is 18.2 Å². The average Bonchev–Trinajstić information content (AvgIpc) is 2.75. The Labute approximate surface area is 115 Å². The number of phenols is 2. The number of rotatable bonds is 4. The molecule has 4 heteroatoms. The molecule has 1 fully saturated rings. The lowest BCUT2D eigenvalue weighted by atomic mass is 10.0. The van der Waals surface area contributed by atoms with Crippen LogP contribution in [-0.4, -0.2) is 53.2 Å². The van der Waals surface area contributed by atoms with Gasteiger partial charge in [-0.25, -0.2) is 0 Å². The molecule has 1 heterocycles. The van der Waals surface area contributed by atoms with Gasteiger partial charge in [0.05, 0.1) is 5.56 Å². The molecule has 2 rings (SSSR count). The summed E-state index contributed by atoms with van der Waals surface area (Å²) in [7, 11) is 4.16. The molecule has 2 unspecified atom stereocenters. The molecule has 0 saturated carbocycles. The van der Waals surface area contributed by atoms with Gasteiger partial charge in [0.2, 0.25) is 0 Å². The van der Waals surface area contributed by atoms with Crippen LogP contribution in [0.1, 0.15) is 31.4 Å². The summed E-state index contributed by atoms with van der Waals surface area (Å²) in [6.07, 6.45) is 2.36. The Morgan fingerprint density at radius 2 is 1.95 bits per heavy atom. The molecule has 19 heavy (non-hydrogen) atoms. The molecule has 0 radical (unpaired) electrons. The van der Waals surface area contributed by atoms with Gasteiger partial charge < -0.3 is 15.1 Å². The molecule has 1 saturated heterocycles. The van der Waals surface area contributed by atoms with Gasteiger partial charge in [-0.2, -0.15) is 0 Å². The zero-order valence-electron chi connectivity index (χ0n) is 12.0. The van der Waals surface area contributed by atoms with Crippen LogP contribution in [0.4, 0.5) is 0 Å². The van der Waals surface area contributed by atoms with Crippen molar-refractivity contribution in [2.24, 2.45) is 0 Å². The molecule has 1 aliphatic rings. The standard InChI is InChI=1S/C15H24N2O2/c1-11(15-13(18)7-4-8-14(15)19)17-9-5-6-12(17)10-16(2)3/h4,7-8,11-12,18-19H,5-6,9-10H2,1-3H3. The first-order valence-corrected chi connectivity index (χ1v) is 6.92. The van der Waals surface area contributed by atoms with Crippen molar-refractivity contribution in [2.75, 3.05) is 27.2 Å². The van der Waals surface area contributed by atoms with Crippen molar-refractivity contribution in [3.63, 3.8) is 0 Å². The summed E-state index contributed by atoms with van der Waals surface area (Å²) in [4.78, 5) is 4.58. The fourth-order valence-electron chi connectivity index (χ4n) is 3.12. The third kappa shape index (κ3) is 3.01. The van der Waals surface area contributed by atoms with Gasteiger partial charge in [0.25, 0.3) is 0 Å². The lowest BCUT2D eigenvalue weighted by Gasteiger charge is -2.33. The molecule has 1 aliphatic heterocycles. The molecule has 1 aromatic rings. The fraction of sp³-hybridized carbons (Fsp3) is 0.600. The highest BCUT2D eigenvalue weighted by Gasteiger charge is 2.31. The Morgan fingerprint density at radius 3 is 2.53 bits per heavy atom. The van der Waals surface area contributed by atoms with Gasteiger partial charge in [-0.15, -0.1) is 0 Å². The zero-order chi connectivity index (χ0) is 14.0. The maximum Gasteiger partial charge on any atom is 0.124 e. The first kappa shape index (κ1) is 14.2. The molecule has 1 aromatic carbocycles. The van der Waals surface area contributed by atoms with Gasteiger partial charge in [0.1, 0.15) is 11.5 Å². The number of nitrogens with zero attached hydrogens (tertiary/aromatic N) is 2. The summed E-state index contributed by atoms with van der Waals surface area (Å²) in [5.74, 6) is 0.367. The van der Waals surface area contributed by atoms with Crippen molar-refractivity contribution in [1.82, 2.24) is 9.80 Å². The highest BCUT2D eigenvalue weighted by Crippen LogP contribution is 2.38. The Kier molecular flexibility index (Phi) is 4.32. The Hall–Kier alpha value is -1.26. The van der Waals surface area contributed by atoms with Crippen LogP contribution in [0.3, 0.4) is 0 Å². The SMILES string of the molecule is CC(c1c(O)cccc1O)N1CCCC1CN(C)C. The largest absolute Gasteiger partial charge is 0.507 e. The Bertz CT molecular complexity index is 414. The monoisotopic (exact) mass is 264 g/mol. The van der Waals surface area contributed by atoms with Crippen LogP contribution >= 0.6 is 0 Å². The topological polar surface area (TPSA) is 46.9 Å². The minimum absolute atomic E-state index is 0.0358. The second-order valence-corrected chi connectivity index (χ2v) is 5.68. The minimum atomic E-state index is 0.0358. The van der Waals surface area contributed by atoms with Crippen LogP contribution in [0.5, 0.6) is 11.5 Å². The lowest BCUT2D eigenvalue weighted by molar-refractivity contribution is 0.158. The lowest BCUT2D eigenvalue weighted by Crippen LogP contribution is -2.39. The quantitative estimate of drug-likeness (QED) is 0.875. The van der Waals surface area contributed by atoms with E-state index in [0.717, 1.165) is 13.1 Å². The van der Waals surface area contributed by atoms with Gasteiger partial charge in [0, 0.05) is 18.6 Å². The Morgan fingerprint density at radius 1 is 1.32 bits per heavy atom. The maximum absolute atomic E-state index is 9.99. The molecular formula is C15H24N2O2. The summed E-state index contributed by atoms with van der Waals surface area (Å²) in [5, 5.41) is 20.0. The number of phenolic OH excluding ortho intramolecular Hbond substituents is 2. The van der Waals surface area contributed by atoms with Gasteiger partial charge in [-0.1, -0.05) is 6.07 Å². The number of aromatic hydroxyl groups is 2. The summed E-state index contributed by atoms with van der Waals surface area (Å²) >= 11 is 0. The molecule has 0 aromatic heterocycles. The summed E-state index contributed by atoms with van der Waals surface area (Å²) in [6.45, 7) is 4.09. The normalized spacial score (nSPS) is 22.0.